The van der Waals surface area contributed by atoms with Crippen LogP contribution in [0.5, 0.6) is 0 Å². The fourth-order valence-electron chi connectivity index (χ4n) is 1.58. The number of methoxy groups -OCH3 is 1. The highest BCUT2D eigenvalue weighted by molar-refractivity contribution is 5.19. The van der Waals surface area contributed by atoms with Gasteiger partial charge in [0, 0.05) is 20.1 Å². The van der Waals surface area contributed by atoms with E-state index in [-0.39, 0.29) is 5.82 Å². The maximum absolute atomic E-state index is 12.8. The number of halogens is 1. The van der Waals surface area contributed by atoms with Gasteiger partial charge in [0.05, 0.1) is 6.61 Å². The number of nitrogens with zero attached hydrogens (tertiary/aromatic N) is 3. The number of benzene rings is 1. The number of hydrogen-bond acceptors (Lipinski definition) is 3. The molecule has 0 N–H and O–H groups in total. The fraction of sp³-hybridized carbons (Fsp3) is 0.333. The first-order valence-corrected chi connectivity index (χ1v) is 5.39. The molecular formula is C12H14FN3O. The van der Waals surface area contributed by atoms with Crippen LogP contribution in [0.15, 0.2) is 30.6 Å². The van der Waals surface area contributed by atoms with Crippen LogP contribution in [0.25, 0.3) is 0 Å². The van der Waals surface area contributed by atoms with Gasteiger partial charge in [0.15, 0.2) is 0 Å². The Morgan fingerprint density at radius 3 is 2.76 bits per heavy atom. The molecule has 0 spiro atoms. The van der Waals surface area contributed by atoms with Crippen LogP contribution >= 0.6 is 0 Å². The van der Waals surface area contributed by atoms with Gasteiger partial charge in [0.2, 0.25) is 0 Å². The van der Waals surface area contributed by atoms with E-state index in [9.17, 15) is 4.39 Å². The molecule has 0 fully saturated rings. The maximum atomic E-state index is 12.8. The highest BCUT2D eigenvalue weighted by Crippen LogP contribution is 2.08. The molecule has 0 saturated heterocycles. The topological polar surface area (TPSA) is 39.9 Å². The van der Waals surface area contributed by atoms with Gasteiger partial charge in [-0.05, 0) is 17.7 Å². The van der Waals surface area contributed by atoms with Crippen LogP contribution in [0.1, 0.15) is 11.4 Å². The summed E-state index contributed by atoms with van der Waals surface area (Å²) in [6, 6.07) is 6.41. The summed E-state index contributed by atoms with van der Waals surface area (Å²) in [7, 11) is 1.66. The van der Waals surface area contributed by atoms with Crippen molar-refractivity contribution < 1.29 is 9.13 Å². The Morgan fingerprint density at radius 2 is 2.06 bits per heavy atom. The van der Waals surface area contributed by atoms with E-state index in [1.54, 1.807) is 25.6 Å². The third-order valence-electron chi connectivity index (χ3n) is 2.51. The van der Waals surface area contributed by atoms with Crippen molar-refractivity contribution in [2.75, 3.05) is 13.7 Å². The zero-order chi connectivity index (χ0) is 12.1. The SMILES string of the molecule is COCCn1cnnc1Cc1ccc(F)cc1. The van der Waals surface area contributed by atoms with E-state index in [4.69, 9.17) is 4.74 Å². The van der Waals surface area contributed by atoms with Gasteiger partial charge in [-0.3, -0.25) is 0 Å². The summed E-state index contributed by atoms with van der Waals surface area (Å²) < 4.78 is 19.7. The van der Waals surface area contributed by atoms with Crippen molar-refractivity contribution in [1.29, 1.82) is 0 Å². The Kier molecular flexibility index (Phi) is 3.82. The molecule has 4 nitrogen and oxygen atoms in total. The quantitative estimate of drug-likeness (QED) is 0.791. The molecule has 17 heavy (non-hydrogen) atoms. The van der Waals surface area contributed by atoms with Crippen molar-refractivity contribution in [1.82, 2.24) is 14.8 Å². The van der Waals surface area contributed by atoms with E-state index in [1.165, 1.54) is 12.1 Å². The Morgan fingerprint density at radius 1 is 1.29 bits per heavy atom. The molecular weight excluding hydrogens is 221 g/mol. The van der Waals surface area contributed by atoms with Gasteiger partial charge < -0.3 is 9.30 Å². The minimum atomic E-state index is -0.227. The third-order valence-corrected chi connectivity index (χ3v) is 2.51. The molecule has 1 aromatic heterocycles. The van der Waals surface area contributed by atoms with Crippen molar-refractivity contribution in [2.45, 2.75) is 13.0 Å². The zero-order valence-electron chi connectivity index (χ0n) is 9.64. The van der Waals surface area contributed by atoms with Crippen LogP contribution in [-0.4, -0.2) is 28.5 Å². The summed E-state index contributed by atoms with van der Waals surface area (Å²) in [4.78, 5) is 0. The first-order chi connectivity index (χ1) is 8.29. The van der Waals surface area contributed by atoms with Gasteiger partial charge in [0.25, 0.3) is 0 Å². The van der Waals surface area contributed by atoms with Crippen molar-refractivity contribution >= 4 is 0 Å². The monoisotopic (exact) mass is 235 g/mol. The smallest absolute Gasteiger partial charge is 0.137 e. The number of ether oxygens (including phenoxy) is 1. The molecule has 2 rings (SSSR count). The predicted octanol–water partition coefficient (Wildman–Crippen LogP) is 1.65. The largest absolute Gasteiger partial charge is 0.383 e. The highest BCUT2D eigenvalue weighted by atomic mass is 19.1. The summed E-state index contributed by atoms with van der Waals surface area (Å²) in [5.41, 5.74) is 1.01. The van der Waals surface area contributed by atoms with E-state index in [1.807, 2.05) is 4.57 Å². The van der Waals surface area contributed by atoms with Gasteiger partial charge in [-0.1, -0.05) is 12.1 Å². The maximum Gasteiger partial charge on any atom is 0.137 e. The second-order valence-electron chi connectivity index (χ2n) is 3.74. The molecule has 1 heterocycles. The Balaban J connectivity index is 2.07. The summed E-state index contributed by atoms with van der Waals surface area (Å²) >= 11 is 0. The molecule has 0 aliphatic heterocycles. The molecule has 2 aromatic rings. The van der Waals surface area contributed by atoms with E-state index >= 15 is 0 Å². The van der Waals surface area contributed by atoms with Crippen molar-refractivity contribution in [3.8, 4) is 0 Å². The number of rotatable bonds is 5. The van der Waals surface area contributed by atoms with E-state index in [0.717, 1.165) is 17.9 Å². The minimum Gasteiger partial charge on any atom is -0.383 e. The van der Waals surface area contributed by atoms with Gasteiger partial charge in [-0.15, -0.1) is 10.2 Å². The van der Waals surface area contributed by atoms with Crippen molar-refractivity contribution in [3.05, 3.63) is 47.8 Å². The molecule has 0 amide bonds. The lowest BCUT2D eigenvalue weighted by atomic mass is 10.1. The van der Waals surface area contributed by atoms with Crippen LogP contribution in [0, 0.1) is 5.82 Å². The Bertz CT molecular complexity index is 467. The third kappa shape index (κ3) is 3.10. The van der Waals surface area contributed by atoms with Crippen LogP contribution in [0.2, 0.25) is 0 Å². The lowest BCUT2D eigenvalue weighted by Gasteiger charge is -2.05. The Hall–Kier alpha value is -1.75. The summed E-state index contributed by atoms with van der Waals surface area (Å²) in [6.07, 6.45) is 2.32. The first-order valence-electron chi connectivity index (χ1n) is 5.39. The summed E-state index contributed by atoms with van der Waals surface area (Å²) in [5.74, 6) is 0.628. The molecule has 0 radical (unpaired) electrons. The van der Waals surface area contributed by atoms with Gasteiger partial charge in [-0.25, -0.2) is 4.39 Å². The zero-order valence-corrected chi connectivity index (χ0v) is 9.64. The predicted molar refractivity (Wildman–Crippen MR) is 61.1 cm³/mol. The fourth-order valence-corrected chi connectivity index (χ4v) is 1.58. The molecule has 90 valence electrons. The first kappa shape index (κ1) is 11.7. The molecule has 0 aliphatic rings. The lowest BCUT2D eigenvalue weighted by Crippen LogP contribution is -2.08. The van der Waals surface area contributed by atoms with E-state index < -0.39 is 0 Å². The van der Waals surface area contributed by atoms with E-state index in [0.29, 0.717) is 13.0 Å². The van der Waals surface area contributed by atoms with Gasteiger partial charge >= 0.3 is 0 Å². The van der Waals surface area contributed by atoms with Crippen molar-refractivity contribution in [2.24, 2.45) is 0 Å². The molecule has 0 unspecified atom stereocenters. The normalized spacial score (nSPS) is 10.7. The van der Waals surface area contributed by atoms with Gasteiger partial charge in [0.1, 0.15) is 18.0 Å². The molecule has 0 saturated carbocycles. The molecule has 0 atom stereocenters. The van der Waals surface area contributed by atoms with Crippen LogP contribution in [0.4, 0.5) is 4.39 Å². The summed E-state index contributed by atoms with van der Waals surface area (Å²) in [6.45, 7) is 1.34. The average molecular weight is 235 g/mol. The average Bonchev–Trinajstić information content (AvgIpc) is 2.77. The molecule has 1 aromatic carbocycles. The molecule has 5 heteroatoms. The van der Waals surface area contributed by atoms with Crippen LogP contribution in [0.3, 0.4) is 0 Å². The lowest BCUT2D eigenvalue weighted by molar-refractivity contribution is 0.186. The number of hydrogen-bond donors (Lipinski definition) is 0. The van der Waals surface area contributed by atoms with Crippen molar-refractivity contribution in [3.63, 3.8) is 0 Å². The van der Waals surface area contributed by atoms with Crippen LogP contribution in [-0.2, 0) is 17.7 Å². The summed E-state index contributed by atoms with van der Waals surface area (Å²) in [5, 5.41) is 7.92. The molecule has 0 bridgehead atoms. The van der Waals surface area contributed by atoms with Gasteiger partial charge in [-0.2, -0.15) is 0 Å². The highest BCUT2D eigenvalue weighted by Gasteiger charge is 2.05. The van der Waals surface area contributed by atoms with E-state index in [2.05, 4.69) is 10.2 Å². The minimum absolute atomic E-state index is 0.227. The second kappa shape index (κ2) is 5.54. The Labute approximate surface area is 99.1 Å². The molecule has 0 aliphatic carbocycles. The number of aromatic nitrogens is 3. The van der Waals surface area contributed by atoms with Crippen LogP contribution < -0.4 is 0 Å². The standard InChI is InChI=1S/C12H14FN3O/c1-17-7-6-16-9-14-15-12(16)8-10-2-4-11(13)5-3-10/h2-5,9H,6-8H2,1H3. The second-order valence-corrected chi connectivity index (χ2v) is 3.74.